The van der Waals surface area contributed by atoms with Gasteiger partial charge in [0.1, 0.15) is 12.1 Å². The zero-order valence-corrected chi connectivity index (χ0v) is 20.2. The van der Waals surface area contributed by atoms with Crippen molar-refractivity contribution in [3.05, 3.63) is 34.4 Å². The van der Waals surface area contributed by atoms with E-state index in [1.165, 1.54) is 6.07 Å². The quantitative estimate of drug-likeness (QED) is 0.661. The van der Waals surface area contributed by atoms with Crippen LogP contribution in [0.15, 0.2) is 27.6 Å². The molecular formula is C27H39NO5. The van der Waals surface area contributed by atoms with Crippen molar-refractivity contribution < 1.29 is 19.1 Å². The minimum atomic E-state index is -0.691. The molecule has 6 heteroatoms. The van der Waals surface area contributed by atoms with Gasteiger partial charge in [-0.05, 0) is 105 Å². The molecule has 0 saturated heterocycles. The molecule has 9 atom stereocenters. The predicted molar refractivity (Wildman–Crippen MR) is 124 cm³/mol. The predicted octanol–water partition coefficient (Wildman–Crippen LogP) is 4.14. The van der Waals surface area contributed by atoms with Crippen LogP contribution in [0.3, 0.4) is 0 Å². The van der Waals surface area contributed by atoms with Crippen LogP contribution in [0.5, 0.6) is 0 Å². The highest BCUT2D eigenvalue weighted by Gasteiger charge is 2.67. The normalized spacial score (nSPS) is 45.4. The summed E-state index contributed by atoms with van der Waals surface area (Å²) >= 11 is 0. The molecule has 4 aliphatic carbocycles. The summed E-state index contributed by atoms with van der Waals surface area (Å²) in [4.78, 5) is 23.5. The standard InChI is InChI=1S/C27H39NO5/c1-16(28)24(30)33-19-8-11-25(2)18(14-19)5-6-22-21(25)9-12-26(3)20(10-13-27(22,26)31)17-4-7-23(29)32-15-17/h4,7,15-16,18-22,31H,5-6,8-14,28H2,1-3H3/t16-,18+,19-,20+,21-,22+,25-,26+,27-/m0/s1. The van der Waals surface area contributed by atoms with E-state index in [1.54, 1.807) is 13.2 Å². The summed E-state index contributed by atoms with van der Waals surface area (Å²) < 4.78 is 10.9. The van der Waals surface area contributed by atoms with Crippen molar-refractivity contribution in [1.82, 2.24) is 0 Å². The van der Waals surface area contributed by atoms with Gasteiger partial charge in [-0.15, -0.1) is 0 Å². The Hall–Kier alpha value is -1.66. The Morgan fingerprint density at radius 3 is 2.61 bits per heavy atom. The number of aliphatic hydroxyl groups is 1. The van der Waals surface area contributed by atoms with Crippen LogP contribution in [0.1, 0.15) is 90.0 Å². The van der Waals surface area contributed by atoms with Gasteiger partial charge in [0.2, 0.25) is 0 Å². The third-order valence-electron chi connectivity index (χ3n) is 10.6. The van der Waals surface area contributed by atoms with Crippen LogP contribution in [0.25, 0.3) is 0 Å². The minimum absolute atomic E-state index is 0.0290. The van der Waals surface area contributed by atoms with Gasteiger partial charge in [0, 0.05) is 11.5 Å². The number of ether oxygens (including phenoxy) is 1. The van der Waals surface area contributed by atoms with E-state index in [9.17, 15) is 14.7 Å². The Morgan fingerprint density at radius 1 is 1.12 bits per heavy atom. The second kappa shape index (κ2) is 7.94. The SMILES string of the molecule is C[C@H](N)C(=O)O[C@H]1CC[C@@]2(C)[C@H](CC[C@@H]3[C@@H]2CC[C@]2(C)[C@@H](c4ccc(=O)oc4)CC[C@]32O)C1. The van der Waals surface area contributed by atoms with Gasteiger partial charge in [0.25, 0.3) is 0 Å². The Morgan fingerprint density at radius 2 is 1.91 bits per heavy atom. The number of carbonyl (C=O) groups excluding carboxylic acids is 1. The van der Waals surface area contributed by atoms with Gasteiger partial charge in [0.05, 0.1) is 11.9 Å². The first-order valence-corrected chi connectivity index (χ1v) is 12.9. The van der Waals surface area contributed by atoms with Gasteiger partial charge in [0.15, 0.2) is 0 Å². The van der Waals surface area contributed by atoms with E-state index in [2.05, 4.69) is 13.8 Å². The smallest absolute Gasteiger partial charge is 0.335 e. The molecular weight excluding hydrogens is 418 g/mol. The second-order valence-corrected chi connectivity index (χ2v) is 12.0. The number of fused-ring (bicyclic) bond motifs is 5. The molecule has 182 valence electrons. The lowest BCUT2D eigenvalue weighted by atomic mass is 9.43. The fourth-order valence-corrected chi connectivity index (χ4v) is 8.67. The third kappa shape index (κ3) is 3.43. The zero-order valence-electron chi connectivity index (χ0n) is 20.2. The van der Waals surface area contributed by atoms with E-state index < -0.39 is 11.6 Å². The van der Waals surface area contributed by atoms with Crippen LogP contribution in [0, 0.1) is 28.6 Å². The summed E-state index contributed by atoms with van der Waals surface area (Å²) in [6.07, 6.45) is 10.4. The van der Waals surface area contributed by atoms with E-state index in [1.807, 2.05) is 6.07 Å². The molecule has 4 fully saturated rings. The summed E-state index contributed by atoms with van der Waals surface area (Å²) in [5, 5.41) is 12.3. The minimum Gasteiger partial charge on any atom is -0.461 e. The van der Waals surface area contributed by atoms with Gasteiger partial charge < -0.3 is 20.0 Å². The van der Waals surface area contributed by atoms with Crippen molar-refractivity contribution in [2.75, 3.05) is 0 Å². The average Bonchev–Trinajstić information content (AvgIpc) is 3.06. The Bertz CT molecular complexity index is 953. The van der Waals surface area contributed by atoms with Crippen molar-refractivity contribution in [3.8, 4) is 0 Å². The number of rotatable bonds is 3. The van der Waals surface area contributed by atoms with Crippen LogP contribution < -0.4 is 11.4 Å². The van der Waals surface area contributed by atoms with Gasteiger partial charge >= 0.3 is 11.6 Å². The van der Waals surface area contributed by atoms with E-state index in [-0.39, 0.29) is 34.4 Å². The Kier molecular flexibility index (Phi) is 5.56. The molecule has 0 unspecified atom stereocenters. The Balaban J connectivity index is 1.37. The first-order chi connectivity index (χ1) is 15.6. The monoisotopic (exact) mass is 457 g/mol. The molecule has 0 amide bonds. The van der Waals surface area contributed by atoms with E-state index >= 15 is 0 Å². The Labute approximate surface area is 196 Å². The number of hydrogen-bond acceptors (Lipinski definition) is 6. The summed E-state index contributed by atoms with van der Waals surface area (Å²) in [6.45, 7) is 6.38. The molecule has 1 aromatic heterocycles. The second-order valence-electron chi connectivity index (χ2n) is 12.0. The molecule has 0 bridgehead atoms. The lowest BCUT2D eigenvalue weighted by Gasteiger charge is -2.63. The van der Waals surface area contributed by atoms with E-state index in [0.29, 0.717) is 17.8 Å². The molecule has 4 aliphatic rings. The van der Waals surface area contributed by atoms with E-state index in [4.69, 9.17) is 14.9 Å². The summed E-state index contributed by atoms with van der Waals surface area (Å²) in [5.74, 6) is 1.22. The van der Waals surface area contributed by atoms with E-state index in [0.717, 1.165) is 63.4 Å². The van der Waals surface area contributed by atoms with Crippen molar-refractivity contribution in [1.29, 1.82) is 0 Å². The molecule has 0 aliphatic heterocycles. The molecule has 6 nitrogen and oxygen atoms in total. The van der Waals surface area contributed by atoms with Crippen LogP contribution in [0.2, 0.25) is 0 Å². The maximum absolute atomic E-state index is 12.3. The zero-order chi connectivity index (χ0) is 23.6. The van der Waals surface area contributed by atoms with Crippen molar-refractivity contribution in [3.63, 3.8) is 0 Å². The molecule has 0 radical (unpaired) electrons. The topological polar surface area (TPSA) is 103 Å². The van der Waals surface area contributed by atoms with Crippen molar-refractivity contribution >= 4 is 5.97 Å². The van der Waals surface area contributed by atoms with Crippen molar-refractivity contribution in [2.24, 2.45) is 34.3 Å². The summed E-state index contributed by atoms with van der Waals surface area (Å²) in [7, 11) is 0. The number of hydrogen-bond donors (Lipinski definition) is 2. The lowest BCUT2D eigenvalue weighted by molar-refractivity contribution is -0.207. The molecule has 0 aromatic carbocycles. The third-order valence-corrected chi connectivity index (χ3v) is 10.6. The van der Waals surface area contributed by atoms with Gasteiger partial charge in [-0.2, -0.15) is 0 Å². The number of carbonyl (C=O) groups is 1. The fraction of sp³-hybridized carbons (Fsp3) is 0.778. The molecule has 4 saturated carbocycles. The van der Waals surface area contributed by atoms with Crippen molar-refractivity contribution in [2.45, 2.75) is 102 Å². The van der Waals surface area contributed by atoms with Gasteiger partial charge in [-0.1, -0.05) is 13.8 Å². The lowest BCUT2D eigenvalue weighted by Crippen LogP contribution is -2.62. The first kappa shape index (κ1) is 23.1. The summed E-state index contributed by atoms with van der Waals surface area (Å²) in [6, 6.07) is 2.82. The number of esters is 1. The molecule has 33 heavy (non-hydrogen) atoms. The maximum Gasteiger partial charge on any atom is 0.335 e. The molecule has 3 N–H and O–H groups in total. The number of nitrogens with two attached hydrogens (primary N) is 1. The highest BCUT2D eigenvalue weighted by molar-refractivity contribution is 5.75. The van der Waals surface area contributed by atoms with Gasteiger partial charge in [-0.3, -0.25) is 4.79 Å². The molecule has 1 aromatic rings. The fourth-order valence-electron chi connectivity index (χ4n) is 8.67. The molecule has 0 spiro atoms. The first-order valence-electron chi connectivity index (χ1n) is 12.9. The molecule has 5 rings (SSSR count). The average molecular weight is 458 g/mol. The largest absolute Gasteiger partial charge is 0.461 e. The highest BCUT2D eigenvalue weighted by Crippen LogP contribution is 2.70. The van der Waals surface area contributed by atoms with Gasteiger partial charge in [-0.25, -0.2) is 4.79 Å². The van der Waals surface area contributed by atoms with Crippen LogP contribution in [-0.4, -0.2) is 28.8 Å². The maximum atomic E-state index is 12.3. The molecule has 1 heterocycles. The summed E-state index contributed by atoms with van der Waals surface area (Å²) in [5.41, 5.74) is 5.71. The van der Waals surface area contributed by atoms with Crippen LogP contribution in [-0.2, 0) is 9.53 Å². The van der Waals surface area contributed by atoms with Crippen LogP contribution in [0.4, 0.5) is 0 Å². The van der Waals surface area contributed by atoms with Crippen LogP contribution >= 0.6 is 0 Å². The highest BCUT2D eigenvalue weighted by atomic mass is 16.5.